The molecule has 5 unspecified atom stereocenters. The molecule has 0 radical (unpaired) electrons. The monoisotopic (exact) mass is 321 g/mol. The Hall–Kier alpha value is -0.770. The fraction of sp³-hybridized carbons (Fsp3) is 0.929. The highest BCUT2D eigenvalue weighted by molar-refractivity contribution is 5.73. The van der Waals surface area contributed by atoms with E-state index < -0.39 is 37.3 Å². The van der Waals surface area contributed by atoms with Crippen molar-refractivity contribution >= 4 is 5.91 Å². The molecule has 0 aliphatic carbocycles. The predicted octanol–water partition coefficient (Wildman–Crippen LogP) is -1.24. The van der Waals surface area contributed by atoms with Crippen LogP contribution in [-0.4, -0.2) is 78.8 Å². The summed E-state index contributed by atoms with van der Waals surface area (Å²) >= 11 is 0. The smallest absolute Gasteiger partial charge is 0.217 e. The van der Waals surface area contributed by atoms with E-state index in [4.69, 9.17) is 14.2 Å². The minimum absolute atomic E-state index is 0.365. The number of amides is 1. The molecule has 1 fully saturated rings. The molecule has 5 atom stereocenters. The zero-order valence-electron chi connectivity index (χ0n) is 13.1. The molecule has 1 heterocycles. The standard InChI is InChI=1S/C14H27NO7/c1-9(17)15-11-13(19)12(18)10(8-16)22-14(11)21-7-5-3-4-6-20-2/h10-14,16,18-19H,3-8H2,1-2H3,(H,15,17). The van der Waals surface area contributed by atoms with Gasteiger partial charge in [0.1, 0.15) is 24.4 Å². The van der Waals surface area contributed by atoms with E-state index in [1.807, 2.05) is 0 Å². The summed E-state index contributed by atoms with van der Waals surface area (Å²) in [5.41, 5.74) is 0. The van der Waals surface area contributed by atoms with Crippen molar-refractivity contribution in [3.8, 4) is 0 Å². The zero-order chi connectivity index (χ0) is 16.5. The molecule has 1 amide bonds. The van der Waals surface area contributed by atoms with E-state index in [0.717, 1.165) is 19.3 Å². The van der Waals surface area contributed by atoms with Crippen LogP contribution in [0, 0.1) is 0 Å². The van der Waals surface area contributed by atoms with Crippen molar-refractivity contribution in [1.82, 2.24) is 5.32 Å². The number of methoxy groups -OCH3 is 1. The van der Waals surface area contributed by atoms with Crippen LogP contribution in [0.5, 0.6) is 0 Å². The first-order valence-electron chi connectivity index (χ1n) is 7.51. The van der Waals surface area contributed by atoms with Gasteiger partial charge in [0, 0.05) is 27.2 Å². The van der Waals surface area contributed by atoms with Crippen molar-refractivity contribution in [2.45, 2.75) is 56.8 Å². The molecule has 0 aromatic rings. The number of aliphatic hydroxyl groups is 3. The third-order valence-electron chi connectivity index (χ3n) is 3.53. The lowest BCUT2D eigenvalue weighted by Gasteiger charge is -2.42. The Bertz CT molecular complexity index is 328. The number of nitrogens with one attached hydrogen (secondary N) is 1. The molecule has 1 aliphatic heterocycles. The van der Waals surface area contributed by atoms with Crippen molar-refractivity contribution in [3.63, 3.8) is 0 Å². The topological polar surface area (TPSA) is 117 Å². The fourth-order valence-electron chi connectivity index (χ4n) is 2.34. The molecule has 4 N–H and O–H groups in total. The van der Waals surface area contributed by atoms with Gasteiger partial charge in [0.2, 0.25) is 5.91 Å². The van der Waals surface area contributed by atoms with Crippen LogP contribution in [0.25, 0.3) is 0 Å². The number of hydrogen-bond donors (Lipinski definition) is 4. The molecule has 130 valence electrons. The van der Waals surface area contributed by atoms with E-state index in [-0.39, 0.29) is 5.91 Å². The molecule has 0 aromatic carbocycles. The van der Waals surface area contributed by atoms with Crippen LogP contribution < -0.4 is 5.32 Å². The Morgan fingerprint density at radius 2 is 1.86 bits per heavy atom. The molecule has 1 saturated heterocycles. The number of rotatable bonds is 9. The molecule has 1 aliphatic rings. The van der Waals surface area contributed by atoms with E-state index in [2.05, 4.69) is 5.32 Å². The Kier molecular flexibility index (Phi) is 8.84. The van der Waals surface area contributed by atoms with Gasteiger partial charge < -0.3 is 34.8 Å². The summed E-state index contributed by atoms with van der Waals surface area (Å²) in [5.74, 6) is -0.365. The summed E-state index contributed by atoms with van der Waals surface area (Å²) < 4.78 is 16.0. The van der Waals surface area contributed by atoms with E-state index in [1.165, 1.54) is 6.92 Å². The maximum atomic E-state index is 11.2. The number of carbonyl (C=O) groups is 1. The molecule has 0 aromatic heterocycles. The quantitative estimate of drug-likeness (QED) is 0.393. The lowest BCUT2D eigenvalue weighted by atomic mass is 9.97. The average molecular weight is 321 g/mol. The Morgan fingerprint density at radius 1 is 1.18 bits per heavy atom. The predicted molar refractivity (Wildman–Crippen MR) is 77.0 cm³/mol. The van der Waals surface area contributed by atoms with Gasteiger partial charge in [-0.25, -0.2) is 0 Å². The summed E-state index contributed by atoms with van der Waals surface area (Å²) in [6.45, 7) is 1.93. The van der Waals surface area contributed by atoms with Crippen LogP contribution in [-0.2, 0) is 19.0 Å². The fourth-order valence-corrected chi connectivity index (χ4v) is 2.34. The normalized spacial score (nSPS) is 32.0. The maximum Gasteiger partial charge on any atom is 0.217 e. The van der Waals surface area contributed by atoms with Crippen LogP contribution in [0.2, 0.25) is 0 Å². The first-order valence-corrected chi connectivity index (χ1v) is 7.51. The second kappa shape index (κ2) is 10.1. The summed E-state index contributed by atoms with van der Waals surface area (Å²) in [6, 6.07) is -0.880. The first kappa shape index (κ1) is 19.3. The van der Waals surface area contributed by atoms with Crippen molar-refractivity contribution < 1.29 is 34.3 Å². The van der Waals surface area contributed by atoms with Gasteiger partial charge in [-0.2, -0.15) is 0 Å². The van der Waals surface area contributed by atoms with Crippen LogP contribution in [0.4, 0.5) is 0 Å². The van der Waals surface area contributed by atoms with E-state index >= 15 is 0 Å². The molecule has 8 nitrogen and oxygen atoms in total. The van der Waals surface area contributed by atoms with Gasteiger partial charge in [-0.15, -0.1) is 0 Å². The zero-order valence-corrected chi connectivity index (χ0v) is 13.1. The van der Waals surface area contributed by atoms with E-state index in [0.29, 0.717) is 13.2 Å². The Balaban J connectivity index is 2.52. The Labute approximate surface area is 130 Å². The van der Waals surface area contributed by atoms with Gasteiger partial charge in [-0.05, 0) is 19.3 Å². The molecule has 8 heteroatoms. The Morgan fingerprint density at radius 3 is 2.45 bits per heavy atom. The second-order valence-electron chi connectivity index (χ2n) is 5.36. The van der Waals surface area contributed by atoms with Crippen molar-refractivity contribution in [3.05, 3.63) is 0 Å². The largest absolute Gasteiger partial charge is 0.394 e. The van der Waals surface area contributed by atoms with Crippen molar-refractivity contribution in [2.75, 3.05) is 26.9 Å². The number of hydrogen-bond acceptors (Lipinski definition) is 7. The molecule has 22 heavy (non-hydrogen) atoms. The van der Waals surface area contributed by atoms with E-state index in [1.54, 1.807) is 7.11 Å². The van der Waals surface area contributed by atoms with E-state index in [9.17, 15) is 20.1 Å². The lowest BCUT2D eigenvalue weighted by Crippen LogP contribution is -2.64. The van der Waals surface area contributed by atoms with Gasteiger partial charge in [0.15, 0.2) is 6.29 Å². The van der Waals surface area contributed by atoms with Gasteiger partial charge in [0.05, 0.1) is 6.61 Å². The van der Waals surface area contributed by atoms with Gasteiger partial charge >= 0.3 is 0 Å². The lowest BCUT2D eigenvalue weighted by molar-refractivity contribution is -0.270. The third kappa shape index (κ3) is 5.79. The molecule has 0 saturated carbocycles. The summed E-state index contributed by atoms with van der Waals surface area (Å²) in [4.78, 5) is 11.2. The summed E-state index contributed by atoms with van der Waals surface area (Å²) in [7, 11) is 1.64. The van der Waals surface area contributed by atoms with Gasteiger partial charge in [-0.3, -0.25) is 4.79 Å². The average Bonchev–Trinajstić information content (AvgIpc) is 2.49. The van der Waals surface area contributed by atoms with Crippen molar-refractivity contribution in [2.24, 2.45) is 0 Å². The van der Waals surface area contributed by atoms with Gasteiger partial charge in [0.25, 0.3) is 0 Å². The second-order valence-corrected chi connectivity index (χ2v) is 5.36. The molecular weight excluding hydrogens is 294 g/mol. The highest BCUT2D eigenvalue weighted by atomic mass is 16.7. The number of aliphatic hydroxyl groups excluding tert-OH is 3. The van der Waals surface area contributed by atoms with Crippen LogP contribution in [0.15, 0.2) is 0 Å². The number of carbonyl (C=O) groups excluding carboxylic acids is 1. The molecule has 0 bridgehead atoms. The summed E-state index contributed by atoms with van der Waals surface area (Å²) in [6.07, 6.45) is -1.81. The van der Waals surface area contributed by atoms with Crippen LogP contribution >= 0.6 is 0 Å². The van der Waals surface area contributed by atoms with Crippen LogP contribution in [0.3, 0.4) is 0 Å². The third-order valence-corrected chi connectivity index (χ3v) is 3.53. The summed E-state index contributed by atoms with van der Waals surface area (Å²) in [5, 5.41) is 31.6. The maximum absolute atomic E-state index is 11.2. The minimum atomic E-state index is -1.29. The van der Waals surface area contributed by atoms with Crippen molar-refractivity contribution in [1.29, 1.82) is 0 Å². The van der Waals surface area contributed by atoms with Gasteiger partial charge in [-0.1, -0.05) is 0 Å². The SMILES string of the molecule is COCCCCCOC1OC(CO)C(O)C(O)C1NC(C)=O. The number of ether oxygens (including phenoxy) is 3. The molecule has 1 rings (SSSR count). The number of unbranched alkanes of at least 4 members (excludes halogenated alkanes) is 2. The highest BCUT2D eigenvalue weighted by Crippen LogP contribution is 2.22. The molecular formula is C14H27NO7. The first-order chi connectivity index (χ1) is 10.5. The highest BCUT2D eigenvalue weighted by Gasteiger charge is 2.45. The van der Waals surface area contributed by atoms with Crippen LogP contribution in [0.1, 0.15) is 26.2 Å². The minimum Gasteiger partial charge on any atom is -0.394 e. The molecule has 0 spiro atoms.